The lowest BCUT2D eigenvalue weighted by Gasteiger charge is -2.43. The molecule has 3 aliphatic heterocycles. The number of amides is 1. The van der Waals surface area contributed by atoms with Crippen molar-refractivity contribution in [2.24, 2.45) is 5.92 Å². The van der Waals surface area contributed by atoms with Gasteiger partial charge in [0.15, 0.2) is 11.6 Å². The number of anilines is 1. The number of aromatic nitrogens is 3. The Kier molecular flexibility index (Phi) is 6.47. The molecule has 5 heterocycles. The first-order chi connectivity index (χ1) is 21.9. The van der Waals surface area contributed by atoms with E-state index in [1.54, 1.807) is 18.2 Å². The number of fused-ring (bicyclic) bond motifs is 5. The van der Waals surface area contributed by atoms with Gasteiger partial charge in [0.05, 0.1) is 29.0 Å². The molecule has 9 rings (SSSR count). The summed E-state index contributed by atoms with van der Waals surface area (Å²) in [5.74, 6) is 0.326. The van der Waals surface area contributed by atoms with Crippen LogP contribution in [0.3, 0.4) is 0 Å². The highest BCUT2D eigenvalue weighted by Crippen LogP contribution is 2.52. The Morgan fingerprint density at radius 3 is 2.59 bits per heavy atom. The van der Waals surface area contributed by atoms with Crippen LogP contribution in [-0.2, 0) is 4.74 Å². The average molecular weight is 643 g/mol. The van der Waals surface area contributed by atoms with Crippen molar-refractivity contribution in [2.75, 3.05) is 38.6 Å². The number of likely N-dealkylation sites (N-methyl/N-ethyl adjacent to an activating group) is 1. The van der Waals surface area contributed by atoms with Crippen LogP contribution < -0.4 is 4.90 Å². The van der Waals surface area contributed by atoms with E-state index in [0.717, 1.165) is 35.8 Å². The molecule has 9 nitrogen and oxygen atoms in total. The summed E-state index contributed by atoms with van der Waals surface area (Å²) in [5.41, 5.74) is 1.74. The van der Waals surface area contributed by atoms with E-state index >= 15 is 4.39 Å². The molecule has 1 amide bonds. The summed E-state index contributed by atoms with van der Waals surface area (Å²) in [6, 6.07) is 12.8. The van der Waals surface area contributed by atoms with E-state index in [4.69, 9.17) is 26.3 Å². The van der Waals surface area contributed by atoms with Crippen LogP contribution in [0.5, 0.6) is 5.75 Å². The highest BCUT2D eigenvalue weighted by atomic mass is 35.5. The first-order valence-corrected chi connectivity index (χ1v) is 16.1. The van der Waals surface area contributed by atoms with Crippen molar-refractivity contribution in [2.45, 2.75) is 50.9 Å². The fraction of sp³-hybridized carbons (Fsp3) is 0.400. The van der Waals surface area contributed by atoms with Crippen molar-refractivity contribution < 1.29 is 19.0 Å². The Labute approximate surface area is 271 Å². The minimum absolute atomic E-state index is 0.0248. The molecule has 5 aromatic rings. The van der Waals surface area contributed by atoms with Crippen LogP contribution in [0, 0.1) is 11.7 Å². The number of hydrogen-bond acceptors (Lipinski definition) is 7. The number of carbonyl (C=O) groups excluding carboxylic acids is 1. The molecular weight excluding hydrogens is 607 g/mol. The Hall–Kier alpha value is -4.15. The molecule has 1 aliphatic carbocycles. The summed E-state index contributed by atoms with van der Waals surface area (Å²) in [4.78, 5) is 29.1. The number of phenolic OH excluding ortho intramolecular Hbond substituents is 1. The maximum absolute atomic E-state index is 17.0. The molecule has 0 radical (unpaired) electrons. The number of carbonyl (C=O) groups is 1. The number of phenols is 1. The molecule has 3 aromatic carbocycles. The number of pyridine rings is 1. The van der Waals surface area contributed by atoms with Gasteiger partial charge in [-0.3, -0.25) is 0 Å². The fourth-order valence-corrected chi connectivity index (χ4v) is 7.83. The van der Waals surface area contributed by atoms with Gasteiger partial charge in [-0.1, -0.05) is 35.9 Å². The van der Waals surface area contributed by atoms with E-state index in [1.807, 2.05) is 56.3 Å². The summed E-state index contributed by atoms with van der Waals surface area (Å²) in [6.07, 6.45) is 2.37. The Balaban J connectivity index is 1.31. The molecular formula is C35H36ClFN6O3. The summed E-state index contributed by atoms with van der Waals surface area (Å²) < 4.78 is 24.9. The Morgan fingerprint density at radius 2 is 1.85 bits per heavy atom. The lowest BCUT2D eigenvalue weighted by atomic mass is 9.79. The van der Waals surface area contributed by atoms with Gasteiger partial charge in [-0.2, -0.15) is 0 Å². The fourth-order valence-electron chi connectivity index (χ4n) is 7.53. The predicted molar refractivity (Wildman–Crippen MR) is 178 cm³/mol. The van der Waals surface area contributed by atoms with Crippen molar-refractivity contribution in [3.8, 4) is 16.9 Å². The average Bonchev–Trinajstić information content (AvgIpc) is 3.66. The monoisotopic (exact) mass is 642 g/mol. The highest BCUT2D eigenvalue weighted by molar-refractivity contribution is 6.35. The topological polar surface area (TPSA) is 87.0 Å². The Morgan fingerprint density at radius 1 is 1.09 bits per heavy atom. The zero-order valence-corrected chi connectivity index (χ0v) is 27.2. The Bertz CT molecular complexity index is 2070. The molecule has 1 saturated carbocycles. The van der Waals surface area contributed by atoms with Gasteiger partial charge in [-0.05, 0) is 75.8 Å². The van der Waals surface area contributed by atoms with Crippen LogP contribution >= 0.6 is 11.6 Å². The molecule has 2 aromatic heterocycles. The zero-order valence-electron chi connectivity index (χ0n) is 26.5. The molecule has 238 valence electrons. The second-order valence-electron chi connectivity index (χ2n) is 14.2. The minimum atomic E-state index is -0.591. The molecule has 3 saturated heterocycles. The number of aromatic hydroxyl groups is 1. The normalized spacial score (nSPS) is 21.4. The second-order valence-corrected chi connectivity index (χ2v) is 14.6. The van der Waals surface area contributed by atoms with Gasteiger partial charge in [0.1, 0.15) is 22.4 Å². The van der Waals surface area contributed by atoms with Crippen molar-refractivity contribution in [1.29, 1.82) is 0 Å². The molecule has 4 aliphatic rings. The van der Waals surface area contributed by atoms with E-state index in [-0.39, 0.29) is 45.9 Å². The number of rotatable bonds is 4. The molecule has 11 heteroatoms. The maximum Gasteiger partial charge on any atom is 0.410 e. The molecule has 0 spiro atoms. The standard InChI is InChI=1S/C35H36ClFN6O3/c1-35(2,3)46-34(45)42-14-19-11-26(42)31(19)43-17-38-30-32(43)24-13-25(36)27(23-12-21(44)10-18-8-6-7-9-22(18)23)28(37)29(24)39-33(30)41-15-20(16-41)40(4)5/h6-10,12-13,17,19-20,26,31,44H,11,14-16H2,1-5H3/t19-,26-,31+/m1/s1. The van der Waals surface area contributed by atoms with Gasteiger partial charge in [0.25, 0.3) is 0 Å². The van der Waals surface area contributed by atoms with Crippen molar-refractivity contribution in [3.63, 3.8) is 0 Å². The summed E-state index contributed by atoms with van der Waals surface area (Å²) in [6.45, 7) is 7.70. The smallest absolute Gasteiger partial charge is 0.410 e. The van der Waals surface area contributed by atoms with E-state index in [1.165, 1.54) is 0 Å². The number of halogens is 2. The van der Waals surface area contributed by atoms with E-state index < -0.39 is 11.4 Å². The molecule has 46 heavy (non-hydrogen) atoms. The van der Waals surface area contributed by atoms with Gasteiger partial charge in [-0.15, -0.1) is 0 Å². The third-order valence-corrected chi connectivity index (χ3v) is 10.2. The van der Waals surface area contributed by atoms with E-state index in [0.29, 0.717) is 34.9 Å². The third-order valence-electron chi connectivity index (χ3n) is 9.88. The van der Waals surface area contributed by atoms with Crippen LogP contribution in [0.1, 0.15) is 33.2 Å². The lowest BCUT2D eigenvalue weighted by molar-refractivity contribution is 0.0210. The second kappa shape index (κ2) is 10.2. The first-order valence-electron chi connectivity index (χ1n) is 15.7. The molecule has 4 fully saturated rings. The highest BCUT2D eigenvalue weighted by Gasteiger charge is 2.56. The SMILES string of the molecule is CN(C)C1CN(c2nc3c(F)c(-c4cc(O)cc5ccccc45)c(Cl)cc3c3c2ncn3[C@H]2[C@@H]3C[C@H]2N(C(=O)OC(C)(C)C)C3)C1. The lowest BCUT2D eigenvalue weighted by Crippen LogP contribution is -2.57. The van der Waals surface area contributed by atoms with Crippen molar-refractivity contribution in [3.05, 3.63) is 59.6 Å². The van der Waals surface area contributed by atoms with E-state index in [9.17, 15) is 9.90 Å². The molecule has 2 bridgehead atoms. The first kappa shape index (κ1) is 29.3. The van der Waals surface area contributed by atoms with Gasteiger partial charge < -0.3 is 29.1 Å². The van der Waals surface area contributed by atoms with Gasteiger partial charge in [0, 0.05) is 42.5 Å². The minimum Gasteiger partial charge on any atom is -0.508 e. The zero-order chi connectivity index (χ0) is 32.2. The van der Waals surface area contributed by atoms with Crippen molar-refractivity contribution in [1.82, 2.24) is 24.3 Å². The largest absolute Gasteiger partial charge is 0.508 e. The molecule has 0 unspecified atom stereocenters. The maximum atomic E-state index is 17.0. The number of ether oxygens (including phenoxy) is 1. The number of nitrogens with zero attached hydrogens (tertiary/aromatic N) is 6. The summed E-state index contributed by atoms with van der Waals surface area (Å²) in [7, 11) is 4.10. The number of imidazole rings is 1. The van der Waals surface area contributed by atoms with Crippen LogP contribution in [0.2, 0.25) is 5.02 Å². The summed E-state index contributed by atoms with van der Waals surface area (Å²) >= 11 is 6.97. The number of hydrogen-bond donors (Lipinski definition) is 1. The van der Waals surface area contributed by atoms with Gasteiger partial charge in [-0.25, -0.2) is 19.2 Å². The van der Waals surface area contributed by atoms with E-state index in [2.05, 4.69) is 28.5 Å². The van der Waals surface area contributed by atoms with Crippen molar-refractivity contribution >= 4 is 56.2 Å². The van der Waals surface area contributed by atoms with Crippen LogP contribution in [0.4, 0.5) is 15.0 Å². The van der Waals surface area contributed by atoms with Gasteiger partial charge >= 0.3 is 6.09 Å². The molecule has 3 atom stereocenters. The predicted octanol–water partition coefficient (Wildman–Crippen LogP) is 6.83. The van der Waals surface area contributed by atoms with Crippen LogP contribution in [0.25, 0.3) is 43.8 Å². The van der Waals surface area contributed by atoms with Crippen LogP contribution in [0.15, 0.2) is 48.8 Å². The van der Waals surface area contributed by atoms with Gasteiger partial charge in [0.2, 0.25) is 0 Å². The quantitative estimate of drug-likeness (QED) is 0.230. The summed E-state index contributed by atoms with van der Waals surface area (Å²) in [5, 5.41) is 12.9. The van der Waals surface area contributed by atoms with Crippen LogP contribution in [-0.4, -0.2) is 86.9 Å². The molecule has 1 N–H and O–H groups in total. The number of benzene rings is 3. The third kappa shape index (κ3) is 4.41.